The second-order valence-corrected chi connectivity index (χ2v) is 4.84. The zero-order valence-electron chi connectivity index (χ0n) is 8.61. The third-order valence-corrected chi connectivity index (χ3v) is 3.58. The molecule has 2 nitrogen and oxygen atoms in total. The first kappa shape index (κ1) is 12.8. The van der Waals surface area contributed by atoms with E-state index >= 15 is 0 Å². The maximum absolute atomic E-state index is 9.35. The molecule has 0 fully saturated rings. The van der Waals surface area contributed by atoms with E-state index < -0.39 is 6.10 Å². The first-order chi connectivity index (χ1) is 7.15. The van der Waals surface area contributed by atoms with E-state index in [-0.39, 0.29) is 6.61 Å². The molecule has 1 aromatic rings. The highest BCUT2D eigenvalue weighted by Gasteiger charge is 2.05. The summed E-state index contributed by atoms with van der Waals surface area (Å²) in [6.45, 7) is 1.92. The molecule has 1 aromatic carbocycles. The molecule has 0 aliphatic rings. The summed E-state index contributed by atoms with van der Waals surface area (Å²) >= 11 is 7.68. The number of hydrogen-bond donors (Lipinski definition) is 2. The zero-order chi connectivity index (χ0) is 11.3. The van der Waals surface area contributed by atoms with Crippen molar-refractivity contribution in [3.63, 3.8) is 0 Å². The Balaban J connectivity index is 2.66. The van der Waals surface area contributed by atoms with Gasteiger partial charge in [-0.2, -0.15) is 0 Å². The smallest absolute Gasteiger partial charge is 0.0762 e. The molecule has 0 spiro atoms. The molecule has 4 heteroatoms. The van der Waals surface area contributed by atoms with Crippen LogP contribution in [0.25, 0.3) is 0 Å². The Morgan fingerprint density at radius 3 is 2.73 bits per heavy atom. The van der Waals surface area contributed by atoms with Crippen LogP contribution < -0.4 is 0 Å². The van der Waals surface area contributed by atoms with E-state index in [0.29, 0.717) is 5.02 Å². The van der Waals surface area contributed by atoms with Gasteiger partial charge < -0.3 is 10.2 Å². The van der Waals surface area contributed by atoms with E-state index in [1.165, 1.54) is 0 Å². The minimum atomic E-state index is -0.487. The summed E-state index contributed by atoms with van der Waals surface area (Å²) in [4.78, 5) is 0.995. The first-order valence-electron chi connectivity index (χ1n) is 4.86. The van der Waals surface area contributed by atoms with Crippen molar-refractivity contribution in [2.24, 2.45) is 0 Å². The van der Waals surface area contributed by atoms with Gasteiger partial charge in [-0.25, -0.2) is 0 Å². The molecule has 0 amide bonds. The molecular weight excluding hydrogens is 232 g/mol. The van der Waals surface area contributed by atoms with Crippen LogP contribution in [0.2, 0.25) is 5.02 Å². The van der Waals surface area contributed by atoms with Gasteiger partial charge in [0.05, 0.1) is 11.1 Å². The standard InChI is InChI=1S/C11H15ClO2S/c1-8(14)9-3-4-11(10(12)7-9)15-6-2-5-13/h3-4,7-8,13-14H,2,5-6H2,1H3. The second-order valence-electron chi connectivity index (χ2n) is 3.29. The first-order valence-corrected chi connectivity index (χ1v) is 6.22. The highest BCUT2D eigenvalue weighted by Crippen LogP contribution is 2.29. The molecule has 15 heavy (non-hydrogen) atoms. The lowest BCUT2D eigenvalue weighted by Crippen LogP contribution is -1.91. The Morgan fingerprint density at radius 2 is 2.20 bits per heavy atom. The van der Waals surface area contributed by atoms with Gasteiger partial charge in [-0.1, -0.05) is 17.7 Å². The van der Waals surface area contributed by atoms with Gasteiger partial charge in [0.15, 0.2) is 0 Å². The summed E-state index contributed by atoms with van der Waals surface area (Å²) in [5.74, 6) is 0.851. The van der Waals surface area contributed by atoms with Gasteiger partial charge >= 0.3 is 0 Å². The number of thioether (sulfide) groups is 1. The van der Waals surface area contributed by atoms with Crippen molar-refractivity contribution in [2.45, 2.75) is 24.3 Å². The number of aliphatic hydroxyl groups is 2. The Bertz CT molecular complexity index is 315. The lowest BCUT2D eigenvalue weighted by Gasteiger charge is -2.08. The normalized spacial score (nSPS) is 12.8. The fraction of sp³-hybridized carbons (Fsp3) is 0.455. The second kappa shape index (κ2) is 6.38. The van der Waals surface area contributed by atoms with Gasteiger partial charge in [-0.05, 0) is 31.0 Å². The average molecular weight is 247 g/mol. The van der Waals surface area contributed by atoms with Crippen LogP contribution in [0.5, 0.6) is 0 Å². The summed E-state index contributed by atoms with van der Waals surface area (Å²) in [5.41, 5.74) is 0.825. The monoisotopic (exact) mass is 246 g/mol. The van der Waals surface area contributed by atoms with E-state index in [1.807, 2.05) is 12.1 Å². The molecule has 0 bridgehead atoms. The average Bonchev–Trinajstić information content (AvgIpc) is 2.20. The van der Waals surface area contributed by atoms with E-state index in [0.717, 1.165) is 22.6 Å². The number of halogens is 1. The molecule has 0 aromatic heterocycles. The van der Waals surface area contributed by atoms with Crippen molar-refractivity contribution in [3.05, 3.63) is 28.8 Å². The van der Waals surface area contributed by atoms with Crippen molar-refractivity contribution in [1.82, 2.24) is 0 Å². The van der Waals surface area contributed by atoms with Gasteiger partial charge in [0.1, 0.15) is 0 Å². The highest BCUT2D eigenvalue weighted by molar-refractivity contribution is 7.99. The summed E-state index contributed by atoms with van der Waals surface area (Å²) < 4.78 is 0. The van der Waals surface area contributed by atoms with Crippen molar-refractivity contribution < 1.29 is 10.2 Å². The van der Waals surface area contributed by atoms with Gasteiger partial charge in [0.25, 0.3) is 0 Å². The minimum Gasteiger partial charge on any atom is -0.396 e. The molecule has 1 rings (SSSR count). The fourth-order valence-electron chi connectivity index (χ4n) is 1.14. The number of aliphatic hydroxyl groups excluding tert-OH is 2. The molecule has 0 saturated carbocycles. The van der Waals surface area contributed by atoms with Gasteiger partial charge in [-0.15, -0.1) is 11.8 Å². The zero-order valence-corrected chi connectivity index (χ0v) is 10.2. The van der Waals surface area contributed by atoms with Crippen molar-refractivity contribution in [2.75, 3.05) is 12.4 Å². The Kier molecular flexibility index (Phi) is 5.47. The lowest BCUT2D eigenvalue weighted by molar-refractivity contribution is 0.199. The topological polar surface area (TPSA) is 40.5 Å². The van der Waals surface area contributed by atoms with E-state index in [1.54, 1.807) is 24.8 Å². The molecule has 0 aliphatic carbocycles. The van der Waals surface area contributed by atoms with E-state index in [4.69, 9.17) is 16.7 Å². The van der Waals surface area contributed by atoms with Crippen LogP contribution >= 0.6 is 23.4 Å². The summed E-state index contributed by atoms with van der Waals surface area (Å²) in [5, 5.41) is 18.7. The molecule has 1 unspecified atom stereocenters. The minimum absolute atomic E-state index is 0.205. The Hall–Kier alpha value is -0.220. The number of hydrogen-bond acceptors (Lipinski definition) is 3. The van der Waals surface area contributed by atoms with Crippen molar-refractivity contribution >= 4 is 23.4 Å². The molecule has 0 heterocycles. The molecule has 0 aliphatic heterocycles. The molecule has 84 valence electrons. The van der Waals surface area contributed by atoms with Gasteiger partial charge in [0.2, 0.25) is 0 Å². The molecule has 2 N–H and O–H groups in total. The summed E-state index contributed by atoms with van der Waals surface area (Å²) in [7, 11) is 0. The maximum atomic E-state index is 9.35. The molecule has 0 radical (unpaired) electrons. The number of benzene rings is 1. The third kappa shape index (κ3) is 4.03. The lowest BCUT2D eigenvalue weighted by atomic mass is 10.1. The van der Waals surface area contributed by atoms with Crippen LogP contribution in [0.1, 0.15) is 25.0 Å². The van der Waals surface area contributed by atoms with Crippen LogP contribution in [0.3, 0.4) is 0 Å². The number of rotatable bonds is 5. The van der Waals surface area contributed by atoms with Crippen LogP contribution in [-0.4, -0.2) is 22.6 Å². The molecule has 0 saturated heterocycles. The molecular formula is C11H15ClO2S. The van der Waals surface area contributed by atoms with E-state index in [9.17, 15) is 5.11 Å². The predicted octanol–water partition coefficient (Wildman–Crippen LogP) is 2.87. The maximum Gasteiger partial charge on any atom is 0.0762 e. The Morgan fingerprint density at radius 1 is 1.47 bits per heavy atom. The SMILES string of the molecule is CC(O)c1ccc(SCCCO)c(Cl)c1. The van der Waals surface area contributed by atoms with Crippen molar-refractivity contribution in [1.29, 1.82) is 0 Å². The summed E-state index contributed by atoms with van der Waals surface area (Å²) in [6, 6.07) is 5.57. The van der Waals surface area contributed by atoms with Crippen LogP contribution in [0.4, 0.5) is 0 Å². The largest absolute Gasteiger partial charge is 0.396 e. The third-order valence-electron chi connectivity index (χ3n) is 2.00. The highest BCUT2D eigenvalue weighted by atomic mass is 35.5. The summed E-state index contributed by atoms with van der Waals surface area (Å²) in [6.07, 6.45) is 0.276. The van der Waals surface area contributed by atoms with Crippen LogP contribution in [0.15, 0.2) is 23.1 Å². The molecule has 1 atom stereocenters. The fourth-order valence-corrected chi connectivity index (χ4v) is 2.35. The van der Waals surface area contributed by atoms with Crippen molar-refractivity contribution in [3.8, 4) is 0 Å². The van der Waals surface area contributed by atoms with Crippen LogP contribution in [0, 0.1) is 0 Å². The predicted molar refractivity (Wildman–Crippen MR) is 64.5 cm³/mol. The quantitative estimate of drug-likeness (QED) is 0.620. The van der Waals surface area contributed by atoms with Gasteiger partial charge in [0, 0.05) is 17.3 Å². The van der Waals surface area contributed by atoms with E-state index in [2.05, 4.69) is 0 Å². The van der Waals surface area contributed by atoms with Crippen LogP contribution in [-0.2, 0) is 0 Å². The Labute approximate surface area is 99.3 Å². The van der Waals surface area contributed by atoms with Gasteiger partial charge in [-0.3, -0.25) is 0 Å².